The Labute approximate surface area is 118 Å². The minimum atomic E-state index is -4.60. The summed E-state index contributed by atoms with van der Waals surface area (Å²) in [4.78, 5) is 15.7. The minimum Gasteiger partial charge on any atom is -0.468 e. The van der Waals surface area contributed by atoms with Crippen molar-refractivity contribution in [3.63, 3.8) is 0 Å². The molecule has 0 aliphatic carbocycles. The lowest BCUT2D eigenvalue weighted by atomic mass is 10.2. The molecule has 9 heteroatoms. The number of hydrogen-bond donors (Lipinski definition) is 1. The Morgan fingerprint density at radius 2 is 2.10 bits per heavy atom. The minimum absolute atomic E-state index is 0.113. The maximum atomic E-state index is 12.7. The average molecular weight is 307 g/mol. The number of thiocarbonyl (C=S) groups is 1. The number of alkyl halides is 3. The fourth-order valence-corrected chi connectivity index (χ4v) is 1.58. The number of nitrogens with two attached hydrogens (primary N) is 1. The van der Waals surface area contributed by atoms with Gasteiger partial charge in [0.05, 0.1) is 12.7 Å². The molecular formula is C11H12F3N3O2S. The van der Waals surface area contributed by atoms with Crippen molar-refractivity contribution in [2.24, 2.45) is 5.73 Å². The van der Waals surface area contributed by atoms with E-state index in [1.54, 1.807) is 0 Å². The van der Waals surface area contributed by atoms with Crippen LogP contribution in [-0.4, -0.2) is 36.6 Å². The number of carbonyl (C=O) groups is 1. The second-order valence-electron chi connectivity index (χ2n) is 3.86. The topological polar surface area (TPSA) is 68.5 Å². The van der Waals surface area contributed by atoms with Crippen LogP contribution < -0.4 is 10.6 Å². The lowest BCUT2D eigenvalue weighted by Gasteiger charge is -2.20. The molecule has 0 atom stereocenters. The van der Waals surface area contributed by atoms with Crippen LogP contribution in [0.2, 0.25) is 0 Å². The first-order valence-electron chi connectivity index (χ1n) is 5.32. The monoisotopic (exact) mass is 307 g/mol. The molecule has 1 aromatic rings. The maximum absolute atomic E-state index is 12.7. The summed E-state index contributed by atoms with van der Waals surface area (Å²) in [7, 11) is 2.56. The van der Waals surface area contributed by atoms with E-state index in [2.05, 4.69) is 9.72 Å². The van der Waals surface area contributed by atoms with Gasteiger partial charge in [0.2, 0.25) is 0 Å². The fourth-order valence-electron chi connectivity index (χ4n) is 1.42. The zero-order valence-electron chi connectivity index (χ0n) is 10.7. The van der Waals surface area contributed by atoms with E-state index in [0.29, 0.717) is 0 Å². The number of nitrogens with zero attached hydrogens (tertiary/aromatic N) is 2. The molecule has 0 spiro atoms. The predicted octanol–water partition coefficient (Wildman–Crippen LogP) is 1.34. The van der Waals surface area contributed by atoms with Crippen LogP contribution in [0.15, 0.2) is 12.1 Å². The number of carbonyl (C=O) groups excluding carboxylic acids is 1. The lowest BCUT2D eigenvalue weighted by molar-refractivity contribution is -0.141. The van der Waals surface area contributed by atoms with E-state index in [0.717, 1.165) is 12.1 Å². The van der Waals surface area contributed by atoms with Crippen molar-refractivity contribution >= 4 is 29.0 Å². The molecule has 0 fully saturated rings. The quantitative estimate of drug-likeness (QED) is 0.669. The van der Waals surface area contributed by atoms with Crippen LogP contribution in [0.3, 0.4) is 0 Å². The zero-order chi connectivity index (χ0) is 15.5. The third kappa shape index (κ3) is 3.80. The van der Waals surface area contributed by atoms with Gasteiger partial charge < -0.3 is 15.4 Å². The molecule has 1 rings (SSSR count). The Morgan fingerprint density at radius 3 is 2.55 bits per heavy atom. The maximum Gasteiger partial charge on any atom is 0.433 e. The van der Waals surface area contributed by atoms with Gasteiger partial charge in [0.25, 0.3) is 0 Å². The summed E-state index contributed by atoms with van der Waals surface area (Å²) in [5, 5.41) is 0. The van der Waals surface area contributed by atoms with Gasteiger partial charge in [-0.15, -0.1) is 0 Å². The first kappa shape index (κ1) is 16.2. The largest absolute Gasteiger partial charge is 0.468 e. The molecule has 0 unspecified atom stereocenters. The molecule has 0 amide bonds. The number of rotatable bonds is 4. The van der Waals surface area contributed by atoms with Crippen LogP contribution in [0, 0.1) is 0 Å². The van der Waals surface area contributed by atoms with Gasteiger partial charge in [-0.05, 0) is 12.1 Å². The van der Waals surface area contributed by atoms with Crippen LogP contribution in [0.25, 0.3) is 0 Å². The van der Waals surface area contributed by atoms with Gasteiger partial charge in [-0.2, -0.15) is 13.2 Å². The molecule has 0 aromatic carbocycles. The standard InChI is InChI=1S/C11H12F3N3O2S/c1-17(5-8(18)19-2)10-6(9(15)20)3-4-7(16-10)11(12,13)14/h3-4H,5H2,1-2H3,(H2,15,20). The van der Waals surface area contributed by atoms with Crippen LogP contribution in [0.1, 0.15) is 11.3 Å². The molecule has 0 aliphatic heterocycles. The molecule has 0 aliphatic rings. The highest BCUT2D eigenvalue weighted by molar-refractivity contribution is 7.80. The fraction of sp³-hybridized carbons (Fsp3) is 0.364. The number of anilines is 1. The normalized spacial score (nSPS) is 11.1. The van der Waals surface area contributed by atoms with E-state index in [-0.39, 0.29) is 22.9 Å². The van der Waals surface area contributed by atoms with Crippen LogP contribution in [0.4, 0.5) is 19.0 Å². The van der Waals surface area contributed by atoms with E-state index in [1.165, 1.54) is 19.1 Å². The van der Waals surface area contributed by atoms with Gasteiger partial charge >= 0.3 is 12.1 Å². The predicted molar refractivity (Wildman–Crippen MR) is 70.4 cm³/mol. The second kappa shape index (κ2) is 6.04. The van der Waals surface area contributed by atoms with Gasteiger partial charge in [-0.25, -0.2) is 4.98 Å². The van der Waals surface area contributed by atoms with Gasteiger partial charge in [-0.1, -0.05) is 12.2 Å². The first-order valence-corrected chi connectivity index (χ1v) is 5.73. The number of likely N-dealkylation sites (N-methyl/N-ethyl adjacent to an activating group) is 1. The zero-order valence-corrected chi connectivity index (χ0v) is 11.5. The molecular weight excluding hydrogens is 295 g/mol. The van der Waals surface area contributed by atoms with Crippen LogP contribution >= 0.6 is 12.2 Å². The number of hydrogen-bond acceptors (Lipinski definition) is 5. The summed E-state index contributed by atoms with van der Waals surface area (Å²) in [6, 6.07) is 1.91. The molecule has 5 nitrogen and oxygen atoms in total. The third-order valence-electron chi connectivity index (χ3n) is 2.39. The van der Waals surface area contributed by atoms with Crippen molar-refractivity contribution in [3.8, 4) is 0 Å². The van der Waals surface area contributed by atoms with Crippen molar-refractivity contribution in [1.82, 2.24) is 4.98 Å². The van der Waals surface area contributed by atoms with Gasteiger partial charge in [0.1, 0.15) is 23.0 Å². The molecule has 20 heavy (non-hydrogen) atoms. The molecule has 1 heterocycles. The van der Waals surface area contributed by atoms with Crippen LogP contribution in [0.5, 0.6) is 0 Å². The summed E-state index contributed by atoms with van der Waals surface area (Å²) >= 11 is 4.76. The van der Waals surface area contributed by atoms with Crippen molar-refractivity contribution in [2.45, 2.75) is 6.18 Å². The molecule has 0 radical (unpaired) electrons. The van der Waals surface area contributed by atoms with E-state index in [1.807, 2.05) is 0 Å². The summed E-state index contributed by atoms with van der Waals surface area (Å²) in [5.74, 6) is -0.752. The van der Waals surface area contributed by atoms with Crippen molar-refractivity contribution < 1.29 is 22.7 Å². The van der Waals surface area contributed by atoms with Crippen molar-refractivity contribution in [1.29, 1.82) is 0 Å². The number of esters is 1. The number of ether oxygens (including phenoxy) is 1. The number of methoxy groups -OCH3 is 1. The SMILES string of the molecule is COC(=O)CN(C)c1nc(C(F)(F)F)ccc1C(N)=S. The Bertz CT molecular complexity index is 534. The van der Waals surface area contributed by atoms with Crippen molar-refractivity contribution in [3.05, 3.63) is 23.4 Å². The number of aromatic nitrogens is 1. The van der Waals surface area contributed by atoms with E-state index in [4.69, 9.17) is 18.0 Å². The molecule has 2 N–H and O–H groups in total. The van der Waals surface area contributed by atoms with E-state index < -0.39 is 17.8 Å². The molecule has 0 saturated heterocycles. The highest BCUT2D eigenvalue weighted by atomic mass is 32.1. The molecule has 0 bridgehead atoms. The smallest absolute Gasteiger partial charge is 0.433 e. The van der Waals surface area contributed by atoms with Crippen LogP contribution in [-0.2, 0) is 15.7 Å². The Balaban J connectivity index is 3.25. The summed E-state index contributed by atoms with van der Waals surface area (Å²) in [5.41, 5.74) is 4.50. The van der Waals surface area contributed by atoms with E-state index in [9.17, 15) is 18.0 Å². The van der Waals surface area contributed by atoms with Crippen molar-refractivity contribution in [2.75, 3.05) is 25.6 Å². The highest BCUT2D eigenvalue weighted by Gasteiger charge is 2.33. The third-order valence-corrected chi connectivity index (χ3v) is 2.61. The Morgan fingerprint density at radius 1 is 1.50 bits per heavy atom. The van der Waals surface area contributed by atoms with Gasteiger partial charge in [-0.3, -0.25) is 4.79 Å². The Hall–Kier alpha value is -1.90. The Kier molecular flexibility index (Phi) is 4.88. The van der Waals surface area contributed by atoms with Gasteiger partial charge in [0, 0.05) is 7.05 Å². The number of pyridine rings is 1. The average Bonchev–Trinajstić information content (AvgIpc) is 2.36. The molecule has 1 aromatic heterocycles. The molecule has 0 saturated carbocycles. The highest BCUT2D eigenvalue weighted by Crippen LogP contribution is 2.30. The summed E-state index contributed by atoms with van der Waals surface area (Å²) < 4.78 is 42.4. The lowest BCUT2D eigenvalue weighted by Crippen LogP contribution is -2.30. The van der Waals surface area contributed by atoms with Gasteiger partial charge in [0.15, 0.2) is 0 Å². The summed E-state index contributed by atoms with van der Waals surface area (Å²) in [6.45, 7) is -0.277. The number of halogens is 3. The molecule has 110 valence electrons. The summed E-state index contributed by atoms with van der Waals surface area (Å²) in [6.07, 6.45) is -4.60. The van der Waals surface area contributed by atoms with E-state index >= 15 is 0 Å². The first-order chi connectivity index (χ1) is 9.16. The second-order valence-corrected chi connectivity index (χ2v) is 4.30.